The van der Waals surface area contributed by atoms with Gasteiger partial charge in [0.2, 0.25) is 0 Å². The van der Waals surface area contributed by atoms with E-state index in [0.29, 0.717) is 11.6 Å². The Labute approximate surface area is 126 Å². The lowest BCUT2D eigenvalue weighted by Crippen LogP contribution is -2.47. The maximum absolute atomic E-state index is 10.9. The van der Waals surface area contributed by atoms with Crippen LogP contribution in [0.25, 0.3) is 0 Å². The number of rotatable bonds is 4. The molecule has 2 bridgehead atoms. The third-order valence-corrected chi connectivity index (χ3v) is 5.33. The Hall–Kier alpha value is -1.39. The summed E-state index contributed by atoms with van der Waals surface area (Å²) in [6.45, 7) is 0.897. The lowest BCUT2D eigenvalue weighted by Gasteiger charge is -2.40. The van der Waals surface area contributed by atoms with Crippen molar-refractivity contribution in [1.82, 2.24) is 9.80 Å². The number of nitrogens with zero attached hydrogens (tertiary/aromatic N) is 2. The monoisotopic (exact) mass is 288 g/mol. The molecule has 2 atom stereocenters. The van der Waals surface area contributed by atoms with E-state index in [1.54, 1.807) is 12.1 Å². The van der Waals surface area contributed by atoms with E-state index in [4.69, 9.17) is 5.11 Å². The summed E-state index contributed by atoms with van der Waals surface area (Å²) in [7, 11) is 4.46. The van der Waals surface area contributed by atoms with Crippen LogP contribution < -0.4 is 0 Å². The highest BCUT2D eigenvalue weighted by atomic mass is 16.4. The minimum Gasteiger partial charge on any atom is -0.478 e. The number of benzene rings is 1. The molecule has 1 aromatic rings. The third-order valence-electron chi connectivity index (χ3n) is 5.33. The molecule has 2 fully saturated rings. The minimum absolute atomic E-state index is 0.360. The molecule has 2 saturated heterocycles. The fourth-order valence-electron chi connectivity index (χ4n) is 3.91. The highest BCUT2D eigenvalue weighted by Gasteiger charge is 2.39. The first-order chi connectivity index (χ1) is 10.0. The van der Waals surface area contributed by atoms with Crippen LogP contribution in [0.1, 0.15) is 41.6 Å². The van der Waals surface area contributed by atoms with Crippen molar-refractivity contribution in [2.45, 2.75) is 50.4 Å². The average Bonchev–Trinajstić information content (AvgIpc) is 2.69. The lowest BCUT2D eigenvalue weighted by atomic mass is 9.96. The van der Waals surface area contributed by atoms with Crippen molar-refractivity contribution >= 4 is 5.97 Å². The van der Waals surface area contributed by atoms with Gasteiger partial charge >= 0.3 is 5.97 Å². The van der Waals surface area contributed by atoms with Crippen molar-refractivity contribution in [3.63, 3.8) is 0 Å². The molecule has 4 nitrogen and oxygen atoms in total. The Morgan fingerprint density at radius 3 is 2.33 bits per heavy atom. The molecule has 21 heavy (non-hydrogen) atoms. The molecule has 2 unspecified atom stereocenters. The number of aromatic carboxylic acids is 1. The van der Waals surface area contributed by atoms with Gasteiger partial charge < -0.3 is 10.0 Å². The predicted octanol–water partition coefficient (Wildman–Crippen LogP) is 2.44. The molecule has 2 heterocycles. The number of carbonyl (C=O) groups is 1. The van der Waals surface area contributed by atoms with Crippen molar-refractivity contribution in [1.29, 1.82) is 0 Å². The largest absolute Gasteiger partial charge is 0.478 e. The zero-order chi connectivity index (χ0) is 15.0. The molecule has 0 amide bonds. The minimum atomic E-state index is -0.859. The van der Waals surface area contributed by atoms with Gasteiger partial charge in [0.05, 0.1) is 5.56 Å². The van der Waals surface area contributed by atoms with Gasteiger partial charge in [0.25, 0.3) is 0 Å². The van der Waals surface area contributed by atoms with Gasteiger partial charge in [-0.1, -0.05) is 12.1 Å². The predicted molar refractivity (Wildman–Crippen MR) is 82.5 cm³/mol. The summed E-state index contributed by atoms with van der Waals surface area (Å²) in [5.41, 5.74) is 1.55. The topological polar surface area (TPSA) is 43.8 Å². The van der Waals surface area contributed by atoms with E-state index in [-0.39, 0.29) is 0 Å². The number of fused-ring (bicyclic) bond motifs is 2. The van der Waals surface area contributed by atoms with Crippen LogP contribution in [0.2, 0.25) is 0 Å². The first-order valence-electron chi connectivity index (χ1n) is 7.79. The van der Waals surface area contributed by atoms with Crippen LogP contribution in [0.5, 0.6) is 0 Å². The summed E-state index contributed by atoms with van der Waals surface area (Å²) in [5, 5.41) is 8.94. The Bertz CT molecular complexity index is 500. The average molecular weight is 288 g/mol. The number of hydrogen-bond donors (Lipinski definition) is 1. The van der Waals surface area contributed by atoms with E-state index in [2.05, 4.69) is 23.9 Å². The van der Waals surface area contributed by atoms with Gasteiger partial charge in [0.1, 0.15) is 0 Å². The molecule has 1 N–H and O–H groups in total. The summed E-state index contributed by atoms with van der Waals surface area (Å²) in [6.07, 6.45) is 5.21. The van der Waals surface area contributed by atoms with E-state index in [0.717, 1.165) is 18.6 Å². The molecule has 0 radical (unpaired) electrons. The smallest absolute Gasteiger partial charge is 0.335 e. The normalized spacial score (nSPS) is 29.0. The van der Waals surface area contributed by atoms with Crippen LogP contribution in [0, 0.1) is 0 Å². The zero-order valence-corrected chi connectivity index (χ0v) is 12.8. The van der Waals surface area contributed by atoms with Crippen molar-refractivity contribution in [3.05, 3.63) is 35.4 Å². The number of carboxylic acids is 1. The maximum atomic E-state index is 10.9. The first-order valence-corrected chi connectivity index (χ1v) is 7.79. The van der Waals surface area contributed by atoms with E-state index < -0.39 is 5.97 Å². The second-order valence-electron chi connectivity index (χ2n) is 6.59. The standard InChI is InChI=1S/C17H24N2O2/c1-18(11-12-3-5-13(6-4-12)17(20)21)16-9-14-7-8-15(10-16)19(14)2/h3-6,14-16H,7-11H2,1-2H3,(H,20,21). The van der Waals surface area contributed by atoms with Crippen LogP contribution in [0.3, 0.4) is 0 Å². The van der Waals surface area contributed by atoms with Crippen molar-refractivity contribution in [2.75, 3.05) is 14.1 Å². The van der Waals surface area contributed by atoms with Crippen LogP contribution >= 0.6 is 0 Å². The molecular formula is C17H24N2O2. The molecule has 2 aliphatic rings. The highest BCUT2D eigenvalue weighted by molar-refractivity contribution is 5.87. The van der Waals surface area contributed by atoms with Crippen molar-refractivity contribution in [2.24, 2.45) is 0 Å². The molecule has 1 aromatic carbocycles. The Morgan fingerprint density at radius 1 is 1.24 bits per heavy atom. The van der Waals surface area contributed by atoms with Crippen LogP contribution in [0.15, 0.2) is 24.3 Å². The second kappa shape index (κ2) is 5.78. The summed E-state index contributed by atoms with van der Waals surface area (Å²) >= 11 is 0. The Kier molecular flexibility index (Phi) is 4.00. The van der Waals surface area contributed by atoms with Gasteiger partial charge in [-0.15, -0.1) is 0 Å². The molecule has 0 aliphatic carbocycles. The zero-order valence-electron chi connectivity index (χ0n) is 12.8. The van der Waals surface area contributed by atoms with Crippen LogP contribution in [-0.2, 0) is 6.54 Å². The fourth-order valence-corrected chi connectivity index (χ4v) is 3.91. The van der Waals surface area contributed by atoms with Gasteiger partial charge in [0, 0.05) is 24.7 Å². The van der Waals surface area contributed by atoms with Gasteiger partial charge in [-0.05, 0) is 57.5 Å². The molecule has 4 heteroatoms. The van der Waals surface area contributed by atoms with Crippen molar-refractivity contribution < 1.29 is 9.90 Å². The number of carboxylic acid groups (broad SMARTS) is 1. The number of piperidine rings is 1. The molecule has 2 aliphatic heterocycles. The Morgan fingerprint density at radius 2 is 1.81 bits per heavy atom. The second-order valence-corrected chi connectivity index (χ2v) is 6.59. The quantitative estimate of drug-likeness (QED) is 0.924. The number of hydrogen-bond acceptors (Lipinski definition) is 3. The maximum Gasteiger partial charge on any atom is 0.335 e. The molecule has 0 saturated carbocycles. The molecule has 0 spiro atoms. The summed E-state index contributed by atoms with van der Waals surface area (Å²) in [6, 6.07) is 9.43. The van der Waals surface area contributed by atoms with E-state index in [1.807, 2.05) is 12.1 Å². The molecule has 114 valence electrons. The first kappa shape index (κ1) is 14.5. The fraction of sp³-hybridized carbons (Fsp3) is 0.588. The van der Waals surface area contributed by atoms with Crippen molar-refractivity contribution in [3.8, 4) is 0 Å². The SMILES string of the molecule is CN(Cc1ccc(C(=O)O)cc1)C1CC2CCC(C1)N2C. The lowest BCUT2D eigenvalue weighted by molar-refractivity contribution is 0.0696. The molecule has 3 rings (SSSR count). The van der Waals surface area contributed by atoms with Gasteiger partial charge in [-0.25, -0.2) is 4.79 Å². The van der Waals surface area contributed by atoms with E-state index >= 15 is 0 Å². The summed E-state index contributed by atoms with van der Waals surface area (Å²) in [4.78, 5) is 15.9. The van der Waals surface area contributed by atoms with E-state index in [1.165, 1.54) is 31.2 Å². The van der Waals surface area contributed by atoms with E-state index in [9.17, 15) is 4.79 Å². The van der Waals surface area contributed by atoms with Gasteiger partial charge in [-0.2, -0.15) is 0 Å². The molecular weight excluding hydrogens is 264 g/mol. The summed E-state index contributed by atoms with van der Waals surface area (Å²) in [5.74, 6) is -0.859. The highest BCUT2D eigenvalue weighted by Crippen LogP contribution is 2.36. The van der Waals surface area contributed by atoms with Gasteiger partial charge in [-0.3, -0.25) is 4.90 Å². The van der Waals surface area contributed by atoms with Crippen LogP contribution in [0.4, 0.5) is 0 Å². The van der Waals surface area contributed by atoms with Gasteiger partial charge in [0.15, 0.2) is 0 Å². The van der Waals surface area contributed by atoms with Crippen LogP contribution in [-0.4, -0.2) is 53.1 Å². The third kappa shape index (κ3) is 2.97. The Balaban J connectivity index is 1.61. The summed E-state index contributed by atoms with van der Waals surface area (Å²) < 4.78 is 0. The molecule has 0 aromatic heterocycles.